The minimum Gasteiger partial charge on any atom is -0.378 e. The molecule has 3 rings (SSSR count). The van der Waals surface area contributed by atoms with Crippen molar-refractivity contribution in [1.29, 1.82) is 0 Å². The highest BCUT2D eigenvalue weighted by molar-refractivity contribution is 7.89. The molecule has 1 N–H and O–H groups in total. The number of hydrogen-bond donors (Lipinski definition) is 1. The van der Waals surface area contributed by atoms with Crippen molar-refractivity contribution in [2.75, 3.05) is 55.4 Å². The molecule has 7 nitrogen and oxygen atoms in total. The van der Waals surface area contributed by atoms with Crippen molar-refractivity contribution in [3.05, 3.63) is 23.8 Å². The molecule has 2 saturated heterocycles. The highest BCUT2D eigenvalue weighted by Gasteiger charge is 2.30. The van der Waals surface area contributed by atoms with Gasteiger partial charge in [-0.05, 0) is 50.5 Å². The Hall–Kier alpha value is -1.64. The van der Waals surface area contributed by atoms with E-state index in [4.69, 9.17) is 4.74 Å². The van der Waals surface area contributed by atoms with E-state index in [0.29, 0.717) is 25.9 Å². The molecule has 0 unspecified atom stereocenters. The summed E-state index contributed by atoms with van der Waals surface area (Å²) < 4.78 is 30.8. The molecule has 2 aliphatic heterocycles. The number of rotatable bonds is 5. The molecule has 0 spiro atoms. The first-order chi connectivity index (χ1) is 12.9. The zero-order valence-electron chi connectivity index (χ0n) is 16.1. The molecule has 2 aliphatic rings. The van der Waals surface area contributed by atoms with Crippen LogP contribution in [0.15, 0.2) is 18.2 Å². The highest BCUT2D eigenvalue weighted by Crippen LogP contribution is 2.26. The number of amides is 1. The largest absolute Gasteiger partial charge is 0.378 e. The van der Waals surface area contributed by atoms with Gasteiger partial charge in [0.2, 0.25) is 15.9 Å². The Balaban J connectivity index is 1.58. The predicted molar refractivity (Wildman–Crippen MR) is 107 cm³/mol. The van der Waals surface area contributed by atoms with Gasteiger partial charge in [0.05, 0.1) is 19.0 Å². The van der Waals surface area contributed by atoms with Crippen molar-refractivity contribution in [2.45, 2.75) is 26.7 Å². The second kappa shape index (κ2) is 8.58. The summed E-state index contributed by atoms with van der Waals surface area (Å²) in [6.07, 6.45) is 1.13. The van der Waals surface area contributed by atoms with Gasteiger partial charge in [0.15, 0.2) is 0 Å². The van der Waals surface area contributed by atoms with E-state index in [-0.39, 0.29) is 17.6 Å². The number of aryl methyl sites for hydroxylation is 1. The zero-order chi connectivity index (χ0) is 19.4. The van der Waals surface area contributed by atoms with E-state index < -0.39 is 10.0 Å². The molecule has 27 heavy (non-hydrogen) atoms. The van der Waals surface area contributed by atoms with Crippen molar-refractivity contribution in [3.63, 3.8) is 0 Å². The second-order valence-electron chi connectivity index (χ2n) is 7.16. The third-order valence-electron chi connectivity index (χ3n) is 5.43. The standard InChI is InChI=1S/C19H29N3O4S/c1-3-27(24,25)22-8-6-16(7-9-22)19(23)20-18-5-4-17(14-15(18)2)21-10-12-26-13-11-21/h4-5,14,16H,3,6-13H2,1-2H3,(H,20,23). The van der Waals surface area contributed by atoms with Crippen LogP contribution in [-0.4, -0.2) is 63.8 Å². The van der Waals surface area contributed by atoms with Gasteiger partial charge in [-0.3, -0.25) is 4.79 Å². The summed E-state index contributed by atoms with van der Waals surface area (Å²) in [7, 11) is -3.16. The summed E-state index contributed by atoms with van der Waals surface area (Å²) in [6.45, 7) is 7.72. The molecule has 8 heteroatoms. The number of hydrogen-bond acceptors (Lipinski definition) is 5. The normalized spacial score (nSPS) is 19.9. The van der Waals surface area contributed by atoms with Gasteiger partial charge in [-0.2, -0.15) is 0 Å². The minimum atomic E-state index is -3.16. The summed E-state index contributed by atoms with van der Waals surface area (Å²) in [4.78, 5) is 14.9. The Bertz CT molecular complexity index is 767. The van der Waals surface area contributed by atoms with E-state index in [1.165, 1.54) is 4.31 Å². The number of carbonyl (C=O) groups is 1. The van der Waals surface area contributed by atoms with Crippen LogP contribution >= 0.6 is 0 Å². The van der Waals surface area contributed by atoms with Gasteiger partial charge in [-0.25, -0.2) is 12.7 Å². The molecule has 0 aliphatic carbocycles. The van der Waals surface area contributed by atoms with E-state index in [1.54, 1.807) is 6.92 Å². The van der Waals surface area contributed by atoms with Gasteiger partial charge in [0.1, 0.15) is 0 Å². The molecular weight excluding hydrogens is 366 g/mol. The molecule has 0 bridgehead atoms. The number of benzene rings is 1. The minimum absolute atomic E-state index is 0.0224. The Morgan fingerprint density at radius 1 is 1.19 bits per heavy atom. The van der Waals surface area contributed by atoms with Gasteiger partial charge < -0.3 is 15.0 Å². The Morgan fingerprint density at radius 3 is 2.44 bits per heavy atom. The molecular formula is C19H29N3O4S. The number of carbonyl (C=O) groups excluding carboxylic acids is 1. The van der Waals surface area contributed by atoms with Crippen LogP contribution in [0.1, 0.15) is 25.3 Å². The van der Waals surface area contributed by atoms with Gasteiger partial charge in [-0.1, -0.05) is 0 Å². The summed E-state index contributed by atoms with van der Waals surface area (Å²) in [5.41, 5.74) is 2.99. The fourth-order valence-corrected chi connectivity index (χ4v) is 4.75. The van der Waals surface area contributed by atoms with Crippen LogP contribution in [-0.2, 0) is 19.6 Å². The summed E-state index contributed by atoms with van der Waals surface area (Å²) >= 11 is 0. The Labute approximate surface area is 161 Å². The molecule has 0 atom stereocenters. The van der Waals surface area contributed by atoms with E-state index in [2.05, 4.69) is 16.3 Å². The average molecular weight is 396 g/mol. The lowest BCUT2D eigenvalue weighted by atomic mass is 9.97. The second-order valence-corrected chi connectivity index (χ2v) is 9.42. The predicted octanol–water partition coefficient (Wildman–Crippen LogP) is 1.83. The summed E-state index contributed by atoms with van der Waals surface area (Å²) in [5, 5.41) is 3.03. The van der Waals surface area contributed by atoms with Crippen molar-refractivity contribution in [3.8, 4) is 0 Å². The number of morpholine rings is 1. The third-order valence-corrected chi connectivity index (χ3v) is 7.31. The Morgan fingerprint density at radius 2 is 1.85 bits per heavy atom. The topological polar surface area (TPSA) is 79.0 Å². The molecule has 0 radical (unpaired) electrons. The molecule has 150 valence electrons. The van der Waals surface area contributed by atoms with Crippen LogP contribution in [0, 0.1) is 12.8 Å². The summed E-state index contributed by atoms with van der Waals surface area (Å²) in [6, 6.07) is 6.08. The van der Waals surface area contributed by atoms with Crippen LogP contribution in [0.2, 0.25) is 0 Å². The number of nitrogens with zero attached hydrogens (tertiary/aromatic N) is 2. The molecule has 1 aromatic rings. The van der Waals surface area contributed by atoms with E-state index in [9.17, 15) is 13.2 Å². The van der Waals surface area contributed by atoms with Crippen molar-refractivity contribution < 1.29 is 17.9 Å². The van der Waals surface area contributed by atoms with Crippen LogP contribution < -0.4 is 10.2 Å². The molecule has 2 fully saturated rings. The van der Waals surface area contributed by atoms with Crippen LogP contribution in [0.3, 0.4) is 0 Å². The zero-order valence-corrected chi connectivity index (χ0v) is 16.9. The number of nitrogens with one attached hydrogen (secondary N) is 1. The fourth-order valence-electron chi connectivity index (χ4n) is 3.62. The van der Waals surface area contributed by atoms with Crippen LogP contribution in [0.25, 0.3) is 0 Å². The SMILES string of the molecule is CCS(=O)(=O)N1CCC(C(=O)Nc2ccc(N3CCOCC3)cc2C)CC1. The lowest BCUT2D eigenvalue weighted by Gasteiger charge is -2.31. The maximum atomic E-state index is 12.6. The van der Waals surface area contributed by atoms with Gasteiger partial charge in [0, 0.05) is 43.5 Å². The van der Waals surface area contributed by atoms with Gasteiger partial charge in [-0.15, -0.1) is 0 Å². The number of anilines is 2. The quantitative estimate of drug-likeness (QED) is 0.823. The first-order valence-corrected chi connectivity index (χ1v) is 11.2. The first-order valence-electron chi connectivity index (χ1n) is 9.62. The van der Waals surface area contributed by atoms with Crippen molar-refractivity contribution in [2.24, 2.45) is 5.92 Å². The lowest BCUT2D eigenvalue weighted by Crippen LogP contribution is -2.42. The van der Waals surface area contributed by atoms with Gasteiger partial charge >= 0.3 is 0 Å². The van der Waals surface area contributed by atoms with E-state index >= 15 is 0 Å². The fraction of sp³-hybridized carbons (Fsp3) is 0.632. The first kappa shape index (κ1) is 20.1. The smallest absolute Gasteiger partial charge is 0.227 e. The third kappa shape index (κ3) is 4.80. The maximum absolute atomic E-state index is 12.6. The van der Waals surface area contributed by atoms with Crippen LogP contribution in [0.5, 0.6) is 0 Å². The lowest BCUT2D eigenvalue weighted by molar-refractivity contribution is -0.120. The van der Waals surface area contributed by atoms with Gasteiger partial charge in [0.25, 0.3) is 0 Å². The number of ether oxygens (including phenoxy) is 1. The average Bonchev–Trinajstić information content (AvgIpc) is 2.70. The number of piperidine rings is 1. The molecule has 1 amide bonds. The summed E-state index contributed by atoms with van der Waals surface area (Å²) in [5.74, 6) is -0.0594. The molecule has 1 aromatic carbocycles. The maximum Gasteiger partial charge on any atom is 0.227 e. The van der Waals surface area contributed by atoms with Crippen LogP contribution in [0.4, 0.5) is 11.4 Å². The van der Waals surface area contributed by atoms with E-state index in [0.717, 1.165) is 43.2 Å². The van der Waals surface area contributed by atoms with Crippen molar-refractivity contribution in [1.82, 2.24) is 4.31 Å². The molecule has 2 heterocycles. The Kier molecular flexibility index (Phi) is 6.39. The molecule has 0 saturated carbocycles. The number of sulfonamides is 1. The molecule has 0 aromatic heterocycles. The monoisotopic (exact) mass is 395 g/mol. The van der Waals surface area contributed by atoms with E-state index in [1.807, 2.05) is 19.1 Å². The van der Waals surface area contributed by atoms with Crippen molar-refractivity contribution >= 4 is 27.3 Å². The highest BCUT2D eigenvalue weighted by atomic mass is 32.2.